The Morgan fingerprint density at radius 3 is 1.55 bits per heavy atom. The number of nitrogens with zero attached hydrogens (tertiary/aromatic N) is 2. The number of aliphatic hydroxyl groups is 2. The SMILES string of the molecule is CCC(O)/C=C(/C)O.[Ir].[c-]1ccccc1-c1ccccn1.[c-]1ccccc1-c1ccccn1. The van der Waals surface area contributed by atoms with Crippen LogP contribution < -0.4 is 0 Å². The molecule has 2 aromatic carbocycles. The molecule has 0 amide bonds. The van der Waals surface area contributed by atoms with E-state index in [1.807, 2.05) is 91.9 Å². The van der Waals surface area contributed by atoms with Crippen LogP contribution in [0.2, 0.25) is 0 Å². The van der Waals surface area contributed by atoms with Gasteiger partial charge in [-0.05, 0) is 42.9 Å². The summed E-state index contributed by atoms with van der Waals surface area (Å²) >= 11 is 0. The second kappa shape index (κ2) is 16.5. The van der Waals surface area contributed by atoms with Crippen LogP contribution >= 0.6 is 0 Å². The molecular weight excluding hydrogens is 589 g/mol. The summed E-state index contributed by atoms with van der Waals surface area (Å²) in [4.78, 5) is 8.44. The van der Waals surface area contributed by atoms with Gasteiger partial charge in [-0.25, -0.2) is 0 Å². The van der Waals surface area contributed by atoms with E-state index < -0.39 is 6.10 Å². The number of aliphatic hydroxyl groups excluding tert-OH is 2. The fourth-order valence-electron chi connectivity index (χ4n) is 2.55. The predicted octanol–water partition coefficient (Wildman–Crippen LogP) is 6.31. The zero-order chi connectivity index (χ0) is 23.0. The van der Waals surface area contributed by atoms with Crippen molar-refractivity contribution in [1.82, 2.24) is 9.97 Å². The monoisotopic (exact) mass is 617 g/mol. The summed E-state index contributed by atoms with van der Waals surface area (Å²) in [5.74, 6) is 0.180. The van der Waals surface area contributed by atoms with Crippen molar-refractivity contribution >= 4 is 0 Å². The molecule has 4 aromatic rings. The summed E-state index contributed by atoms with van der Waals surface area (Å²) in [6.45, 7) is 3.39. The van der Waals surface area contributed by atoms with Crippen molar-refractivity contribution in [3.05, 3.63) is 121 Å². The molecule has 2 aromatic heterocycles. The molecule has 2 N–H and O–H groups in total. The smallest absolute Gasteiger partial charge is 0.0877 e. The van der Waals surface area contributed by atoms with E-state index in [1.54, 1.807) is 19.3 Å². The van der Waals surface area contributed by atoms with Gasteiger partial charge in [0.25, 0.3) is 0 Å². The molecule has 0 aliphatic carbocycles. The fraction of sp³-hybridized carbons (Fsp3) is 0.143. The molecule has 0 aliphatic rings. The molecule has 33 heavy (non-hydrogen) atoms. The maximum atomic E-state index is 8.79. The van der Waals surface area contributed by atoms with Gasteiger partial charge in [0.2, 0.25) is 0 Å². The van der Waals surface area contributed by atoms with E-state index in [1.165, 1.54) is 6.08 Å². The van der Waals surface area contributed by atoms with Crippen LogP contribution in [0.1, 0.15) is 20.3 Å². The maximum Gasteiger partial charge on any atom is 0.0877 e. The van der Waals surface area contributed by atoms with Crippen LogP contribution in [0.3, 0.4) is 0 Å². The van der Waals surface area contributed by atoms with E-state index in [9.17, 15) is 0 Å². The van der Waals surface area contributed by atoms with Crippen molar-refractivity contribution in [3.63, 3.8) is 0 Å². The fourth-order valence-corrected chi connectivity index (χ4v) is 2.55. The molecular formula is C28H28IrN2O2-2. The van der Waals surface area contributed by atoms with Gasteiger partial charge < -0.3 is 20.2 Å². The predicted molar refractivity (Wildman–Crippen MR) is 130 cm³/mol. The number of aromatic nitrogens is 2. The largest absolute Gasteiger partial charge is 0.513 e. The van der Waals surface area contributed by atoms with Crippen LogP contribution in [0.25, 0.3) is 22.5 Å². The molecule has 4 rings (SSSR count). The first kappa shape index (κ1) is 27.9. The summed E-state index contributed by atoms with van der Waals surface area (Å²) in [5.41, 5.74) is 4.02. The number of rotatable bonds is 4. The van der Waals surface area contributed by atoms with E-state index in [0.29, 0.717) is 6.42 Å². The average Bonchev–Trinajstić information content (AvgIpc) is 2.86. The molecule has 1 radical (unpaired) electrons. The van der Waals surface area contributed by atoms with Crippen molar-refractivity contribution in [1.29, 1.82) is 0 Å². The number of allylic oxidation sites excluding steroid dienone is 1. The molecule has 2 heterocycles. The van der Waals surface area contributed by atoms with Crippen LogP contribution in [0.4, 0.5) is 0 Å². The number of pyridine rings is 2. The molecule has 0 aliphatic heterocycles. The van der Waals surface area contributed by atoms with Gasteiger partial charge in [0.05, 0.1) is 11.9 Å². The number of benzene rings is 2. The average molecular weight is 617 g/mol. The van der Waals surface area contributed by atoms with Gasteiger partial charge in [-0.2, -0.15) is 0 Å². The maximum absolute atomic E-state index is 8.79. The summed E-state index contributed by atoms with van der Waals surface area (Å²) in [5, 5.41) is 17.3. The van der Waals surface area contributed by atoms with Gasteiger partial charge >= 0.3 is 0 Å². The Bertz CT molecular complexity index is 874. The van der Waals surface area contributed by atoms with Crippen LogP contribution in [0.15, 0.2) is 109 Å². The zero-order valence-corrected chi connectivity index (χ0v) is 21.1. The minimum absolute atomic E-state index is 0. The quantitative estimate of drug-likeness (QED) is 0.208. The van der Waals surface area contributed by atoms with E-state index in [-0.39, 0.29) is 25.9 Å². The summed E-state index contributed by atoms with van der Waals surface area (Å²) in [7, 11) is 0. The third-order valence-corrected chi connectivity index (χ3v) is 4.15. The van der Waals surface area contributed by atoms with Crippen molar-refractivity contribution in [2.24, 2.45) is 0 Å². The Balaban J connectivity index is 0.000000250. The van der Waals surface area contributed by atoms with Gasteiger partial charge in [-0.3, -0.25) is 0 Å². The summed E-state index contributed by atoms with van der Waals surface area (Å²) in [6.07, 6.45) is 5.16. The molecule has 5 heteroatoms. The first-order valence-electron chi connectivity index (χ1n) is 10.4. The third-order valence-electron chi connectivity index (χ3n) is 4.15. The molecule has 0 fully saturated rings. The van der Waals surface area contributed by atoms with Crippen molar-refractivity contribution in [2.75, 3.05) is 0 Å². The summed E-state index contributed by atoms with van der Waals surface area (Å²) in [6, 6.07) is 33.6. The second-order valence-corrected chi connectivity index (χ2v) is 6.77. The molecule has 0 saturated heterocycles. The first-order chi connectivity index (χ1) is 15.6. The Kier molecular flexibility index (Phi) is 14.0. The second-order valence-electron chi connectivity index (χ2n) is 6.77. The van der Waals surface area contributed by atoms with Crippen molar-refractivity contribution in [2.45, 2.75) is 26.4 Å². The Labute approximate surface area is 210 Å². The number of hydrogen-bond acceptors (Lipinski definition) is 4. The zero-order valence-electron chi connectivity index (χ0n) is 18.7. The van der Waals surface area contributed by atoms with Gasteiger partial charge in [0.1, 0.15) is 0 Å². The molecule has 173 valence electrons. The van der Waals surface area contributed by atoms with Crippen LogP contribution in [0, 0.1) is 12.1 Å². The van der Waals surface area contributed by atoms with E-state index >= 15 is 0 Å². The van der Waals surface area contributed by atoms with E-state index in [4.69, 9.17) is 10.2 Å². The van der Waals surface area contributed by atoms with Gasteiger partial charge in [0.15, 0.2) is 0 Å². The Hall–Kier alpha value is -3.11. The topological polar surface area (TPSA) is 66.2 Å². The van der Waals surface area contributed by atoms with E-state index in [0.717, 1.165) is 22.5 Å². The first-order valence-corrected chi connectivity index (χ1v) is 10.4. The van der Waals surface area contributed by atoms with Gasteiger partial charge in [-0.1, -0.05) is 31.2 Å². The summed E-state index contributed by atoms with van der Waals surface area (Å²) < 4.78 is 0. The molecule has 0 saturated carbocycles. The van der Waals surface area contributed by atoms with Crippen LogP contribution in [-0.4, -0.2) is 26.3 Å². The van der Waals surface area contributed by atoms with Crippen LogP contribution in [-0.2, 0) is 20.1 Å². The van der Waals surface area contributed by atoms with Crippen molar-refractivity contribution < 1.29 is 30.3 Å². The minimum atomic E-state index is -0.486. The molecule has 0 bridgehead atoms. The van der Waals surface area contributed by atoms with Crippen molar-refractivity contribution in [3.8, 4) is 22.5 Å². The minimum Gasteiger partial charge on any atom is -0.513 e. The van der Waals surface area contributed by atoms with Gasteiger partial charge in [-0.15, -0.1) is 71.8 Å². The van der Waals surface area contributed by atoms with Gasteiger partial charge in [0, 0.05) is 32.5 Å². The Morgan fingerprint density at radius 2 is 1.27 bits per heavy atom. The molecule has 0 spiro atoms. The normalized spacial score (nSPS) is 10.9. The van der Waals surface area contributed by atoms with Crippen LogP contribution in [0.5, 0.6) is 0 Å². The Morgan fingerprint density at radius 1 is 0.818 bits per heavy atom. The van der Waals surface area contributed by atoms with E-state index in [2.05, 4.69) is 22.1 Å². The third kappa shape index (κ3) is 11.4. The number of hydrogen-bond donors (Lipinski definition) is 2. The molecule has 4 nitrogen and oxygen atoms in total. The molecule has 1 atom stereocenters. The molecule has 1 unspecified atom stereocenters. The standard InChI is InChI=1S/2C11H8N.C6H12O2.Ir/c2*1-2-6-10(7-3-1)11-8-4-5-9-12-11;1-3-6(8)4-5(2)7;/h2*1-6,8-9H;4,6-8H,3H2,1-2H3;/q2*-1;;/b;;5-4-;.